The molecule has 0 bridgehead atoms. The van der Waals surface area contributed by atoms with Crippen molar-refractivity contribution in [2.24, 2.45) is 17.3 Å². The van der Waals surface area contributed by atoms with Gasteiger partial charge in [-0.25, -0.2) is 13.6 Å². The summed E-state index contributed by atoms with van der Waals surface area (Å²) in [5.74, 6) is -6.42. The summed E-state index contributed by atoms with van der Waals surface area (Å²) in [6.45, 7) is 6.28. The summed E-state index contributed by atoms with van der Waals surface area (Å²) in [5, 5.41) is 7.20. The number of carbonyl (C=O) groups is 5. The van der Waals surface area contributed by atoms with Gasteiger partial charge in [0.05, 0.1) is 13.2 Å². The lowest BCUT2D eigenvalue weighted by Gasteiger charge is -2.36. The Bertz CT molecular complexity index is 870. The Kier molecular flexibility index (Phi) is 9.41. The van der Waals surface area contributed by atoms with Gasteiger partial charge in [0.1, 0.15) is 12.1 Å². The molecule has 5 atom stereocenters. The molecule has 0 aromatic heterocycles. The van der Waals surface area contributed by atoms with Crippen molar-refractivity contribution in [2.45, 2.75) is 83.8 Å². The number of amides is 4. The molecule has 2 fully saturated rings. The number of likely N-dealkylation sites (N-methyl/N-ethyl adjacent to an activating group) is 1. The van der Waals surface area contributed by atoms with E-state index in [-0.39, 0.29) is 18.4 Å². The Balaban J connectivity index is 2.34. The van der Waals surface area contributed by atoms with Crippen LogP contribution in [-0.2, 0) is 23.9 Å². The molecule has 0 aromatic rings. The highest BCUT2D eigenvalue weighted by Gasteiger charge is 2.52. The van der Waals surface area contributed by atoms with E-state index in [0.29, 0.717) is 13.3 Å². The van der Waals surface area contributed by atoms with Crippen molar-refractivity contribution >= 4 is 29.6 Å². The minimum atomic E-state index is -3.10. The highest BCUT2D eigenvalue weighted by atomic mass is 19.3. The predicted octanol–water partition coefficient (Wildman–Crippen LogP) is 1.62. The second kappa shape index (κ2) is 11.5. The SMILES string of the molecule is CNC(=O)C(=O)C(CCC(C)(F)F)NC(=O)C1C2CCCC2CN1C(=O)C(NC(=O)OC)C(C)(C)C. The van der Waals surface area contributed by atoms with Gasteiger partial charge in [0.25, 0.3) is 5.91 Å². The van der Waals surface area contributed by atoms with Gasteiger partial charge in [-0.15, -0.1) is 0 Å². The molecular weight excluding hydrogens is 478 g/mol. The first-order valence-corrected chi connectivity index (χ1v) is 12.2. The minimum Gasteiger partial charge on any atom is -0.453 e. The number of halogens is 2. The molecule has 3 N–H and O–H groups in total. The number of alkyl carbamates (subject to hydrolysis) is 1. The molecule has 0 radical (unpaired) electrons. The Labute approximate surface area is 210 Å². The zero-order chi connectivity index (χ0) is 27.4. The number of likely N-dealkylation sites (tertiary alicyclic amines) is 1. The normalized spacial score (nSPS) is 23.3. The van der Waals surface area contributed by atoms with Gasteiger partial charge in [-0.05, 0) is 43.4 Å². The van der Waals surface area contributed by atoms with E-state index in [1.807, 2.05) is 0 Å². The lowest BCUT2D eigenvalue weighted by molar-refractivity contribution is -0.144. The third kappa shape index (κ3) is 7.13. The summed E-state index contributed by atoms with van der Waals surface area (Å²) in [7, 11) is 2.41. The minimum absolute atomic E-state index is 0.0523. The molecule has 0 spiro atoms. The van der Waals surface area contributed by atoms with Crippen LogP contribution in [0.1, 0.15) is 59.8 Å². The van der Waals surface area contributed by atoms with Crippen LogP contribution < -0.4 is 16.0 Å². The van der Waals surface area contributed by atoms with Crippen LogP contribution in [0, 0.1) is 17.3 Å². The predicted molar refractivity (Wildman–Crippen MR) is 126 cm³/mol. The van der Waals surface area contributed by atoms with E-state index in [0.717, 1.165) is 12.8 Å². The molecule has 1 saturated carbocycles. The summed E-state index contributed by atoms with van der Waals surface area (Å²) >= 11 is 0. The quantitative estimate of drug-likeness (QED) is 0.399. The number of hydrogen-bond acceptors (Lipinski definition) is 6. The van der Waals surface area contributed by atoms with Crippen molar-refractivity contribution in [1.29, 1.82) is 0 Å². The Hall–Kier alpha value is -2.79. The number of nitrogens with zero attached hydrogens (tertiary/aromatic N) is 1. The number of hydrogen-bond donors (Lipinski definition) is 3. The fourth-order valence-corrected chi connectivity index (χ4v) is 5.06. The first kappa shape index (κ1) is 29.4. The van der Waals surface area contributed by atoms with Crippen molar-refractivity contribution in [1.82, 2.24) is 20.9 Å². The molecule has 36 heavy (non-hydrogen) atoms. The van der Waals surface area contributed by atoms with E-state index in [1.165, 1.54) is 19.1 Å². The number of methoxy groups -OCH3 is 1. The number of carbonyl (C=O) groups excluding carboxylic acids is 5. The Morgan fingerprint density at radius 2 is 1.69 bits per heavy atom. The summed E-state index contributed by atoms with van der Waals surface area (Å²) in [4.78, 5) is 65.1. The molecule has 1 saturated heterocycles. The van der Waals surface area contributed by atoms with Crippen molar-refractivity contribution in [3.05, 3.63) is 0 Å². The number of Topliss-reactive ketones (excluding diaryl/α,β-unsaturated/α-hetero) is 1. The van der Waals surface area contributed by atoms with Gasteiger partial charge >= 0.3 is 6.09 Å². The van der Waals surface area contributed by atoms with Gasteiger partial charge in [0, 0.05) is 20.0 Å². The molecule has 4 amide bonds. The molecule has 5 unspecified atom stereocenters. The largest absolute Gasteiger partial charge is 0.453 e. The van der Waals surface area contributed by atoms with Crippen LogP contribution in [0.4, 0.5) is 13.6 Å². The zero-order valence-electron chi connectivity index (χ0n) is 21.8. The van der Waals surface area contributed by atoms with E-state index in [4.69, 9.17) is 0 Å². The van der Waals surface area contributed by atoms with Crippen molar-refractivity contribution in [2.75, 3.05) is 20.7 Å². The van der Waals surface area contributed by atoms with Crippen LogP contribution in [0.3, 0.4) is 0 Å². The van der Waals surface area contributed by atoms with Gasteiger partial charge in [0.15, 0.2) is 0 Å². The Morgan fingerprint density at radius 3 is 2.22 bits per heavy atom. The molecule has 1 heterocycles. The maximum atomic E-state index is 13.7. The molecule has 2 aliphatic rings. The molecule has 1 aliphatic carbocycles. The number of nitrogens with one attached hydrogen (secondary N) is 3. The maximum Gasteiger partial charge on any atom is 0.407 e. The van der Waals surface area contributed by atoms with E-state index < -0.39 is 71.9 Å². The summed E-state index contributed by atoms with van der Waals surface area (Å²) in [5.41, 5.74) is -0.714. The number of fused-ring (bicyclic) bond motifs is 1. The highest BCUT2D eigenvalue weighted by Crippen LogP contribution is 2.43. The van der Waals surface area contributed by atoms with Crippen LogP contribution in [0.5, 0.6) is 0 Å². The average molecular weight is 517 g/mol. The van der Waals surface area contributed by atoms with Crippen LogP contribution in [-0.4, -0.2) is 79.2 Å². The van der Waals surface area contributed by atoms with Crippen LogP contribution in [0.25, 0.3) is 0 Å². The third-order valence-electron chi connectivity index (χ3n) is 6.96. The lowest BCUT2D eigenvalue weighted by Crippen LogP contribution is -2.60. The fraction of sp³-hybridized carbons (Fsp3) is 0.792. The van der Waals surface area contributed by atoms with Crippen LogP contribution >= 0.6 is 0 Å². The summed E-state index contributed by atoms with van der Waals surface area (Å²) in [6.07, 6.45) is 0.414. The number of ether oxygens (including phenoxy) is 1. The molecule has 2 rings (SSSR count). The Morgan fingerprint density at radius 1 is 1.06 bits per heavy atom. The standard InChI is InChI=1S/C24H38F2N4O6/c1-23(2,3)18(29-22(35)36-6)21(34)30-12-13-8-7-9-14(13)16(30)19(32)28-15(10-11-24(4,25)26)17(31)20(33)27-5/h13-16,18H,7-12H2,1-6H3,(H,27,33)(H,28,32)(H,29,35). The van der Waals surface area contributed by atoms with Crippen molar-refractivity contribution < 1.29 is 37.5 Å². The lowest BCUT2D eigenvalue weighted by atomic mass is 9.85. The smallest absolute Gasteiger partial charge is 0.407 e. The second-order valence-electron chi connectivity index (χ2n) is 10.8. The number of ketones is 1. The van der Waals surface area contributed by atoms with Gasteiger partial charge in [-0.2, -0.15) is 0 Å². The molecule has 1 aliphatic heterocycles. The fourth-order valence-electron chi connectivity index (χ4n) is 5.06. The molecule has 12 heteroatoms. The van der Waals surface area contributed by atoms with Gasteiger partial charge in [0.2, 0.25) is 23.5 Å². The van der Waals surface area contributed by atoms with E-state index in [1.54, 1.807) is 20.8 Å². The zero-order valence-corrected chi connectivity index (χ0v) is 21.8. The van der Waals surface area contributed by atoms with Gasteiger partial charge < -0.3 is 25.6 Å². The molecule has 0 aromatic carbocycles. The third-order valence-corrected chi connectivity index (χ3v) is 6.96. The van der Waals surface area contributed by atoms with E-state index in [9.17, 15) is 32.8 Å². The van der Waals surface area contributed by atoms with E-state index >= 15 is 0 Å². The summed E-state index contributed by atoms with van der Waals surface area (Å²) in [6, 6.07) is -3.43. The average Bonchev–Trinajstić information content (AvgIpc) is 3.38. The van der Waals surface area contributed by atoms with Gasteiger partial charge in [-0.1, -0.05) is 27.2 Å². The maximum absolute atomic E-state index is 13.7. The highest BCUT2D eigenvalue weighted by molar-refractivity contribution is 6.38. The summed E-state index contributed by atoms with van der Waals surface area (Å²) < 4.78 is 31.7. The van der Waals surface area contributed by atoms with Crippen LogP contribution in [0.2, 0.25) is 0 Å². The van der Waals surface area contributed by atoms with Crippen molar-refractivity contribution in [3.8, 4) is 0 Å². The monoisotopic (exact) mass is 516 g/mol. The van der Waals surface area contributed by atoms with E-state index in [2.05, 4.69) is 20.7 Å². The number of alkyl halides is 2. The molecular formula is C24H38F2N4O6. The topological polar surface area (TPSA) is 134 Å². The molecule has 204 valence electrons. The van der Waals surface area contributed by atoms with Crippen LogP contribution in [0.15, 0.2) is 0 Å². The number of rotatable bonds is 9. The second-order valence-corrected chi connectivity index (χ2v) is 10.8. The molecule has 10 nitrogen and oxygen atoms in total. The van der Waals surface area contributed by atoms with Crippen molar-refractivity contribution in [3.63, 3.8) is 0 Å². The van der Waals surface area contributed by atoms with Gasteiger partial charge in [-0.3, -0.25) is 19.2 Å². The first-order chi connectivity index (χ1) is 16.6. The first-order valence-electron chi connectivity index (χ1n) is 12.2.